The van der Waals surface area contributed by atoms with Crippen LogP contribution in [-0.4, -0.2) is 29.9 Å². The molecule has 1 amide bonds. The van der Waals surface area contributed by atoms with Gasteiger partial charge in [-0.1, -0.05) is 43.5 Å². The number of carbonyl (C=O) groups excluding carboxylic acids is 1. The maximum atomic E-state index is 13.0. The molecular weight excluding hydrogens is 260 g/mol. The van der Waals surface area contributed by atoms with E-state index in [-0.39, 0.29) is 5.92 Å². The number of benzene rings is 1. The maximum absolute atomic E-state index is 13.0. The van der Waals surface area contributed by atoms with E-state index in [0.717, 1.165) is 19.4 Å². The average Bonchev–Trinajstić information content (AvgIpc) is 2.50. The molecule has 1 saturated carbocycles. The average molecular weight is 286 g/mol. The van der Waals surface area contributed by atoms with Crippen molar-refractivity contribution in [2.45, 2.75) is 56.9 Å². The minimum atomic E-state index is 0.0981. The number of carbonyl (C=O) groups is 1. The molecular formula is C18H26N2O. The highest BCUT2D eigenvalue weighted by Crippen LogP contribution is 2.37. The lowest BCUT2D eigenvalue weighted by Gasteiger charge is -2.39. The van der Waals surface area contributed by atoms with Crippen LogP contribution in [0.15, 0.2) is 24.3 Å². The Kier molecular flexibility index (Phi) is 4.59. The summed E-state index contributed by atoms with van der Waals surface area (Å²) in [6.45, 7) is 1.50. The third-order valence-corrected chi connectivity index (χ3v) is 5.05. The fraction of sp³-hybridized carbons (Fsp3) is 0.611. The van der Waals surface area contributed by atoms with Crippen molar-refractivity contribution in [3.05, 3.63) is 35.4 Å². The van der Waals surface area contributed by atoms with Crippen LogP contribution in [0.5, 0.6) is 0 Å². The summed E-state index contributed by atoms with van der Waals surface area (Å²) in [5.41, 5.74) is 8.26. The minimum Gasteiger partial charge on any atom is -0.339 e. The van der Waals surface area contributed by atoms with Gasteiger partial charge in [0.1, 0.15) is 0 Å². The van der Waals surface area contributed by atoms with E-state index in [1.165, 1.54) is 43.2 Å². The van der Waals surface area contributed by atoms with Crippen molar-refractivity contribution in [1.29, 1.82) is 0 Å². The van der Waals surface area contributed by atoms with Gasteiger partial charge in [0.05, 0.1) is 5.92 Å². The van der Waals surface area contributed by atoms with Crippen molar-refractivity contribution >= 4 is 5.91 Å². The Morgan fingerprint density at radius 3 is 2.67 bits per heavy atom. The molecule has 1 aromatic carbocycles. The summed E-state index contributed by atoms with van der Waals surface area (Å²) in [5.74, 6) is 0.440. The van der Waals surface area contributed by atoms with Crippen LogP contribution in [0.1, 0.15) is 55.6 Å². The van der Waals surface area contributed by atoms with Gasteiger partial charge in [-0.2, -0.15) is 0 Å². The highest BCUT2D eigenvalue weighted by Gasteiger charge is 2.36. The second kappa shape index (κ2) is 6.61. The van der Waals surface area contributed by atoms with Crippen LogP contribution in [0, 0.1) is 0 Å². The van der Waals surface area contributed by atoms with Crippen LogP contribution >= 0.6 is 0 Å². The molecule has 1 unspecified atom stereocenters. The number of hydrogen-bond acceptors (Lipinski definition) is 2. The molecule has 0 spiro atoms. The molecule has 3 nitrogen and oxygen atoms in total. The third kappa shape index (κ3) is 2.98. The van der Waals surface area contributed by atoms with E-state index in [4.69, 9.17) is 5.73 Å². The molecule has 1 fully saturated rings. The summed E-state index contributed by atoms with van der Waals surface area (Å²) in [6.07, 6.45) is 8.02. The lowest BCUT2D eigenvalue weighted by atomic mass is 9.76. The SMILES string of the molecule is NCCCN(C(=O)C1Cc2ccccc21)C1CCCCC1. The molecule has 2 aliphatic rings. The fourth-order valence-corrected chi connectivity index (χ4v) is 3.81. The molecule has 114 valence electrons. The molecule has 1 atom stereocenters. The first-order chi connectivity index (χ1) is 10.3. The summed E-state index contributed by atoms with van der Waals surface area (Å²) in [4.78, 5) is 15.1. The first-order valence-electron chi connectivity index (χ1n) is 8.39. The lowest BCUT2D eigenvalue weighted by molar-refractivity contribution is -0.136. The van der Waals surface area contributed by atoms with Gasteiger partial charge in [-0.15, -0.1) is 0 Å². The molecule has 2 aliphatic carbocycles. The summed E-state index contributed by atoms with van der Waals surface area (Å²) < 4.78 is 0. The second-order valence-electron chi connectivity index (χ2n) is 6.42. The van der Waals surface area contributed by atoms with Crippen molar-refractivity contribution in [3.8, 4) is 0 Å². The first kappa shape index (κ1) is 14.6. The van der Waals surface area contributed by atoms with Crippen molar-refractivity contribution < 1.29 is 4.79 Å². The highest BCUT2D eigenvalue weighted by molar-refractivity contribution is 5.87. The zero-order chi connectivity index (χ0) is 14.7. The summed E-state index contributed by atoms with van der Waals surface area (Å²) in [5, 5.41) is 0. The van der Waals surface area contributed by atoms with Crippen molar-refractivity contribution in [1.82, 2.24) is 4.90 Å². The summed E-state index contributed by atoms with van der Waals surface area (Å²) >= 11 is 0. The van der Waals surface area contributed by atoms with Crippen LogP contribution in [0.2, 0.25) is 0 Å². The van der Waals surface area contributed by atoms with Gasteiger partial charge in [-0.05, 0) is 43.4 Å². The smallest absolute Gasteiger partial charge is 0.230 e. The van der Waals surface area contributed by atoms with E-state index in [1.54, 1.807) is 0 Å². The number of amides is 1. The van der Waals surface area contributed by atoms with Crippen molar-refractivity contribution in [3.63, 3.8) is 0 Å². The van der Waals surface area contributed by atoms with Gasteiger partial charge in [0.25, 0.3) is 0 Å². The Morgan fingerprint density at radius 2 is 1.95 bits per heavy atom. The van der Waals surface area contributed by atoms with E-state index in [0.29, 0.717) is 18.5 Å². The van der Waals surface area contributed by atoms with Gasteiger partial charge in [-0.3, -0.25) is 4.79 Å². The molecule has 2 N–H and O–H groups in total. The van der Waals surface area contributed by atoms with E-state index < -0.39 is 0 Å². The number of hydrogen-bond donors (Lipinski definition) is 1. The van der Waals surface area contributed by atoms with E-state index in [1.807, 2.05) is 6.07 Å². The highest BCUT2D eigenvalue weighted by atomic mass is 16.2. The molecule has 21 heavy (non-hydrogen) atoms. The maximum Gasteiger partial charge on any atom is 0.230 e. The topological polar surface area (TPSA) is 46.3 Å². The first-order valence-corrected chi connectivity index (χ1v) is 8.39. The molecule has 0 aromatic heterocycles. The predicted molar refractivity (Wildman–Crippen MR) is 85.1 cm³/mol. The van der Waals surface area contributed by atoms with Crippen LogP contribution in [0.25, 0.3) is 0 Å². The quantitative estimate of drug-likeness (QED) is 0.904. The number of nitrogens with two attached hydrogens (primary N) is 1. The van der Waals surface area contributed by atoms with Gasteiger partial charge in [0.2, 0.25) is 5.91 Å². The van der Waals surface area contributed by atoms with E-state index in [2.05, 4.69) is 23.1 Å². The Hall–Kier alpha value is -1.35. The van der Waals surface area contributed by atoms with Crippen LogP contribution in [0.3, 0.4) is 0 Å². The minimum absolute atomic E-state index is 0.0981. The summed E-state index contributed by atoms with van der Waals surface area (Å²) in [7, 11) is 0. The largest absolute Gasteiger partial charge is 0.339 e. The van der Waals surface area contributed by atoms with Crippen molar-refractivity contribution in [2.24, 2.45) is 5.73 Å². The molecule has 3 rings (SSSR count). The number of fused-ring (bicyclic) bond motifs is 1. The second-order valence-corrected chi connectivity index (χ2v) is 6.42. The van der Waals surface area contributed by atoms with Gasteiger partial charge in [0, 0.05) is 12.6 Å². The standard InChI is InChI=1S/C18H26N2O/c19-11-6-12-20(15-8-2-1-3-9-15)18(21)17-13-14-7-4-5-10-16(14)17/h4-5,7,10,15,17H,1-3,6,8-9,11-13,19H2. The molecule has 0 radical (unpaired) electrons. The van der Waals surface area contributed by atoms with Crippen LogP contribution < -0.4 is 5.73 Å². The van der Waals surface area contributed by atoms with Crippen LogP contribution in [0.4, 0.5) is 0 Å². The Bertz CT molecular complexity index is 494. The van der Waals surface area contributed by atoms with Crippen LogP contribution in [-0.2, 0) is 11.2 Å². The van der Waals surface area contributed by atoms with Gasteiger partial charge in [-0.25, -0.2) is 0 Å². The molecule has 1 aromatic rings. The molecule has 0 saturated heterocycles. The van der Waals surface area contributed by atoms with Gasteiger partial charge >= 0.3 is 0 Å². The third-order valence-electron chi connectivity index (χ3n) is 5.05. The number of rotatable bonds is 5. The molecule has 0 aliphatic heterocycles. The van der Waals surface area contributed by atoms with E-state index >= 15 is 0 Å². The molecule has 3 heteroatoms. The fourth-order valence-electron chi connectivity index (χ4n) is 3.81. The van der Waals surface area contributed by atoms with Gasteiger partial charge < -0.3 is 10.6 Å². The Balaban J connectivity index is 1.72. The predicted octanol–water partition coefficient (Wildman–Crippen LogP) is 2.84. The summed E-state index contributed by atoms with van der Waals surface area (Å²) in [6, 6.07) is 8.81. The molecule has 0 bridgehead atoms. The van der Waals surface area contributed by atoms with Gasteiger partial charge in [0.15, 0.2) is 0 Å². The lowest BCUT2D eigenvalue weighted by Crippen LogP contribution is -2.46. The van der Waals surface area contributed by atoms with E-state index in [9.17, 15) is 4.79 Å². The zero-order valence-corrected chi connectivity index (χ0v) is 12.8. The monoisotopic (exact) mass is 286 g/mol. The number of nitrogens with zero attached hydrogens (tertiary/aromatic N) is 1. The Morgan fingerprint density at radius 1 is 1.19 bits per heavy atom. The van der Waals surface area contributed by atoms with Crippen molar-refractivity contribution in [2.75, 3.05) is 13.1 Å². The molecule has 0 heterocycles. The Labute approximate surface area is 127 Å². The zero-order valence-electron chi connectivity index (χ0n) is 12.8. The normalized spacial score (nSPS) is 21.5.